The summed E-state index contributed by atoms with van der Waals surface area (Å²) in [7, 11) is -6.02. The van der Waals surface area contributed by atoms with E-state index in [4.69, 9.17) is 20.4 Å². The van der Waals surface area contributed by atoms with E-state index >= 15 is 0 Å². The van der Waals surface area contributed by atoms with Crippen molar-refractivity contribution in [3.05, 3.63) is 0 Å². The lowest BCUT2D eigenvalue weighted by Crippen LogP contribution is -2.53. The number of carbonyl (C=O) groups is 4. The van der Waals surface area contributed by atoms with Crippen LogP contribution in [0.5, 0.6) is 0 Å². The van der Waals surface area contributed by atoms with Gasteiger partial charge in [-0.05, 0) is 0 Å². The molecule has 0 aromatic heterocycles. The third-order valence-corrected chi connectivity index (χ3v) is 3.59. The summed E-state index contributed by atoms with van der Waals surface area (Å²) >= 11 is 0. The highest BCUT2D eigenvalue weighted by atomic mass is 31.2. The second-order valence-corrected chi connectivity index (χ2v) is 5.37. The second kappa shape index (κ2) is 6.57. The molecule has 12 heteroatoms. The summed E-state index contributed by atoms with van der Waals surface area (Å²) in [6.45, 7) is 0. The zero-order chi connectivity index (χ0) is 16.2. The van der Waals surface area contributed by atoms with Crippen molar-refractivity contribution >= 4 is 31.8 Å². The molecular weight excluding hydrogens is 303 g/mol. The zero-order valence-corrected chi connectivity index (χ0v) is 10.4. The first-order chi connectivity index (χ1) is 8.89. The predicted octanol–water partition coefficient (Wildman–Crippen LogP) is -3.84. The summed E-state index contributed by atoms with van der Waals surface area (Å²) < 4.78 is 0. The molecule has 0 saturated heterocycles. The Kier molecular flexibility index (Phi) is 5.97. The molecule has 3 atom stereocenters. The Morgan fingerprint density at radius 1 is 0.850 bits per heavy atom. The summed E-state index contributed by atoms with van der Waals surface area (Å²) in [5, 5.41) is 34.6. The normalized spacial score (nSPS) is 15.9. The average Bonchev–Trinajstić information content (AvgIpc) is 2.19. The molecule has 4 N–H and O–H groups in total. The number of rotatable bonds is 8. The molecule has 0 heterocycles. The van der Waals surface area contributed by atoms with Crippen molar-refractivity contribution in [2.75, 3.05) is 0 Å². The summed E-state index contributed by atoms with van der Waals surface area (Å²) in [6.07, 6.45) is -1.35. The largest absolute Gasteiger partial charge is 0.687 e. The molecule has 3 unspecified atom stereocenters. The highest BCUT2D eigenvalue weighted by Crippen LogP contribution is 2.43. The Hall–Kier alpha value is -1.81. The second-order valence-electron chi connectivity index (χ2n) is 3.73. The predicted molar refractivity (Wildman–Crippen MR) is 52.8 cm³/mol. The number of carboxylic acid groups (broad SMARTS) is 4. The Balaban J connectivity index is 5.80. The van der Waals surface area contributed by atoms with Crippen LogP contribution >= 0.6 is 7.94 Å². The van der Waals surface area contributed by atoms with Gasteiger partial charge in [-0.2, -0.15) is 0 Å². The number of carboxylic acids is 4. The summed E-state index contributed by atoms with van der Waals surface area (Å²) in [5.74, 6) is -13.5. The summed E-state index contributed by atoms with van der Waals surface area (Å²) in [4.78, 5) is 75.4. The molecule has 0 aliphatic heterocycles. The van der Waals surface area contributed by atoms with Crippen LogP contribution in [-0.2, 0) is 19.2 Å². The molecular formula is C8H9O11P-2. The van der Waals surface area contributed by atoms with Crippen LogP contribution < -0.4 is 14.7 Å². The molecule has 0 saturated carbocycles. The Labute approximate surface area is 111 Å². The lowest BCUT2D eigenvalue weighted by molar-refractivity contribution is -0.430. The lowest BCUT2D eigenvalue weighted by Gasteiger charge is -2.48. The van der Waals surface area contributed by atoms with Gasteiger partial charge in [0.05, 0.1) is 12.3 Å². The fourth-order valence-corrected chi connectivity index (χ4v) is 2.57. The molecule has 20 heavy (non-hydrogen) atoms. The van der Waals surface area contributed by atoms with Crippen molar-refractivity contribution in [1.29, 1.82) is 0 Å². The first-order valence-corrected chi connectivity index (χ1v) is 6.42. The van der Waals surface area contributed by atoms with Gasteiger partial charge in [-0.1, -0.05) is 0 Å². The van der Waals surface area contributed by atoms with Gasteiger partial charge in [0.15, 0.2) is 5.66 Å². The maximum absolute atomic E-state index is 10.9. The molecule has 0 aliphatic rings. The van der Waals surface area contributed by atoms with Crippen LogP contribution in [0.2, 0.25) is 0 Å². The van der Waals surface area contributed by atoms with Gasteiger partial charge in [-0.15, -0.1) is 7.94 Å². The Morgan fingerprint density at radius 3 is 1.50 bits per heavy atom. The van der Waals surface area contributed by atoms with Crippen molar-refractivity contribution in [2.24, 2.45) is 11.8 Å². The van der Waals surface area contributed by atoms with E-state index in [0.717, 1.165) is 0 Å². The van der Waals surface area contributed by atoms with Crippen molar-refractivity contribution in [1.82, 2.24) is 0 Å². The fourth-order valence-electron chi connectivity index (χ4n) is 1.57. The third kappa shape index (κ3) is 4.70. The number of aliphatic carboxylic acids is 4. The van der Waals surface area contributed by atoms with Crippen LogP contribution in [0.15, 0.2) is 0 Å². The first kappa shape index (κ1) is 18.2. The minimum atomic E-state index is -6.02. The number of hydrogen-bond acceptors (Lipinski definition) is 7. The van der Waals surface area contributed by atoms with E-state index in [2.05, 4.69) is 0 Å². The molecule has 0 radical (unpaired) electrons. The van der Waals surface area contributed by atoms with Gasteiger partial charge in [0.1, 0.15) is 5.92 Å². The highest BCUT2D eigenvalue weighted by Gasteiger charge is 2.48. The average molecular weight is 312 g/mol. The van der Waals surface area contributed by atoms with Crippen LogP contribution in [0.4, 0.5) is 0 Å². The monoisotopic (exact) mass is 312 g/mol. The molecule has 114 valence electrons. The molecule has 0 bridgehead atoms. The lowest BCUT2D eigenvalue weighted by atomic mass is 9.86. The third-order valence-electron chi connectivity index (χ3n) is 2.36. The SMILES string of the molecule is O=C(O)CC(C(=O)O)C(C(=O)O)C(C(=O)O)[P+]([O-])([O-])[O-]. The van der Waals surface area contributed by atoms with Crippen LogP contribution in [-0.4, -0.2) is 50.0 Å². The van der Waals surface area contributed by atoms with E-state index in [1.54, 1.807) is 0 Å². The van der Waals surface area contributed by atoms with Gasteiger partial charge >= 0.3 is 23.9 Å². The quantitative estimate of drug-likeness (QED) is 0.318. The number of hydrogen-bond donors (Lipinski definition) is 4. The van der Waals surface area contributed by atoms with Gasteiger partial charge in [-0.3, -0.25) is 14.4 Å². The van der Waals surface area contributed by atoms with E-state index < -0.39 is 55.7 Å². The minimum Gasteiger partial charge on any atom is -0.687 e. The molecule has 11 nitrogen and oxygen atoms in total. The topological polar surface area (TPSA) is 218 Å². The van der Waals surface area contributed by atoms with E-state index in [-0.39, 0.29) is 0 Å². The van der Waals surface area contributed by atoms with Crippen molar-refractivity contribution in [3.8, 4) is 0 Å². The fraction of sp³-hybridized carbons (Fsp3) is 0.500. The van der Waals surface area contributed by atoms with Crippen LogP contribution in [0.1, 0.15) is 6.42 Å². The van der Waals surface area contributed by atoms with E-state index in [9.17, 15) is 33.9 Å². The van der Waals surface area contributed by atoms with Gasteiger partial charge in [-0.25, -0.2) is 4.79 Å². The van der Waals surface area contributed by atoms with Crippen molar-refractivity contribution in [3.63, 3.8) is 0 Å². The maximum atomic E-state index is 10.9. The van der Waals surface area contributed by atoms with Crippen LogP contribution in [0, 0.1) is 11.8 Å². The smallest absolute Gasteiger partial charge is 0.344 e. The maximum Gasteiger partial charge on any atom is 0.344 e. The standard InChI is InChI=1S/C8H11O11P/c9-3(10)1-2(6(11)12)4(7(13)14)5(8(15)16)20(17,18)19/h2,4-5H,1H2,(H,9,10)(H,11,12)(H,13,14)(H,15,16)(H2,17,18,19)/p-2. The molecule has 0 fully saturated rings. The first-order valence-electron chi connectivity index (χ1n) is 4.81. The van der Waals surface area contributed by atoms with E-state index in [0.29, 0.717) is 0 Å². The van der Waals surface area contributed by atoms with Gasteiger partial charge in [0.2, 0.25) is 0 Å². The summed E-state index contributed by atoms with van der Waals surface area (Å²) in [6, 6.07) is 0. The molecule has 0 aromatic carbocycles. The van der Waals surface area contributed by atoms with Crippen molar-refractivity contribution < 1.29 is 54.3 Å². The van der Waals surface area contributed by atoms with Gasteiger partial charge in [0.25, 0.3) is 0 Å². The molecule has 0 aromatic rings. The van der Waals surface area contributed by atoms with Crippen LogP contribution in [0.3, 0.4) is 0 Å². The van der Waals surface area contributed by atoms with Crippen LogP contribution in [0.25, 0.3) is 0 Å². The van der Waals surface area contributed by atoms with Crippen molar-refractivity contribution in [2.45, 2.75) is 12.1 Å². The molecule has 0 aliphatic carbocycles. The molecule has 0 amide bonds. The highest BCUT2D eigenvalue weighted by molar-refractivity contribution is 7.56. The van der Waals surface area contributed by atoms with Gasteiger partial charge < -0.3 is 35.1 Å². The Bertz CT molecular complexity index is 425. The summed E-state index contributed by atoms with van der Waals surface area (Å²) in [5.41, 5.74) is -3.08. The Morgan fingerprint density at radius 2 is 1.30 bits per heavy atom. The molecule has 0 rings (SSSR count). The minimum absolute atomic E-state index is 1.35. The van der Waals surface area contributed by atoms with E-state index in [1.165, 1.54) is 0 Å². The van der Waals surface area contributed by atoms with E-state index in [1.807, 2.05) is 0 Å². The zero-order valence-electron chi connectivity index (χ0n) is 9.53. The molecule has 0 spiro atoms. The van der Waals surface area contributed by atoms with Gasteiger partial charge in [0, 0.05) is 0 Å².